The lowest BCUT2D eigenvalue weighted by Crippen LogP contribution is -2.50. The zero-order valence-corrected chi connectivity index (χ0v) is 10.6. The van der Waals surface area contributed by atoms with Crippen molar-refractivity contribution in [3.8, 4) is 0 Å². The highest BCUT2D eigenvalue weighted by atomic mass is 16.5. The monoisotopic (exact) mass is 227 g/mol. The van der Waals surface area contributed by atoms with Crippen molar-refractivity contribution in [2.24, 2.45) is 5.41 Å². The van der Waals surface area contributed by atoms with E-state index in [1.165, 1.54) is 19.3 Å². The zero-order chi connectivity index (χ0) is 11.6. The van der Waals surface area contributed by atoms with Crippen LogP contribution >= 0.6 is 0 Å². The van der Waals surface area contributed by atoms with Crippen molar-refractivity contribution in [2.45, 2.75) is 51.7 Å². The van der Waals surface area contributed by atoms with Crippen LogP contribution in [0.5, 0.6) is 0 Å². The molecule has 2 unspecified atom stereocenters. The lowest BCUT2D eigenvalue weighted by Gasteiger charge is -2.37. The number of aliphatic hydroxyl groups is 1. The van der Waals surface area contributed by atoms with Gasteiger partial charge in [0.1, 0.15) is 0 Å². The van der Waals surface area contributed by atoms with Gasteiger partial charge in [-0.3, -0.25) is 4.90 Å². The van der Waals surface area contributed by atoms with Gasteiger partial charge in [-0.1, -0.05) is 13.8 Å². The highest BCUT2D eigenvalue weighted by Crippen LogP contribution is 2.31. The smallest absolute Gasteiger partial charge is 0.0739 e. The van der Waals surface area contributed by atoms with E-state index in [4.69, 9.17) is 4.74 Å². The largest absolute Gasteiger partial charge is 0.391 e. The molecule has 2 aliphatic heterocycles. The van der Waals surface area contributed by atoms with Crippen LogP contribution in [0, 0.1) is 5.41 Å². The lowest BCUT2D eigenvalue weighted by molar-refractivity contribution is -0.0609. The van der Waals surface area contributed by atoms with Crippen molar-refractivity contribution in [2.75, 3.05) is 26.3 Å². The third-order valence-corrected chi connectivity index (χ3v) is 4.13. The van der Waals surface area contributed by atoms with Crippen molar-refractivity contribution < 1.29 is 9.84 Å². The summed E-state index contributed by atoms with van der Waals surface area (Å²) in [5, 5.41) is 10.0. The van der Waals surface area contributed by atoms with Crippen LogP contribution in [0.2, 0.25) is 0 Å². The van der Waals surface area contributed by atoms with E-state index in [-0.39, 0.29) is 12.1 Å². The van der Waals surface area contributed by atoms with Crippen LogP contribution in [0.1, 0.15) is 39.5 Å². The van der Waals surface area contributed by atoms with E-state index in [2.05, 4.69) is 18.7 Å². The van der Waals surface area contributed by atoms with Gasteiger partial charge in [0, 0.05) is 6.61 Å². The molecule has 0 aromatic rings. The van der Waals surface area contributed by atoms with Gasteiger partial charge in [0.25, 0.3) is 0 Å². The number of likely N-dealkylation sites (tertiary alicyclic amines) is 1. The van der Waals surface area contributed by atoms with Gasteiger partial charge >= 0.3 is 0 Å². The molecule has 0 aromatic carbocycles. The summed E-state index contributed by atoms with van der Waals surface area (Å²) in [4.78, 5) is 2.44. The van der Waals surface area contributed by atoms with Crippen LogP contribution in [0.3, 0.4) is 0 Å². The van der Waals surface area contributed by atoms with Gasteiger partial charge in [0.2, 0.25) is 0 Å². The molecule has 0 bridgehead atoms. The SMILES string of the molecule is CC1(C)CCCN(C2COCCC2O)CC1. The van der Waals surface area contributed by atoms with E-state index >= 15 is 0 Å². The second kappa shape index (κ2) is 5.03. The molecular formula is C13H25NO2. The standard InChI is InChI=1S/C13H25NO2/c1-13(2)5-3-7-14(8-6-13)11-10-16-9-4-12(11)15/h11-12,15H,3-10H2,1-2H3. The molecule has 2 atom stereocenters. The van der Waals surface area contributed by atoms with Gasteiger partial charge in [-0.15, -0.1) is 0 Å². The second-order valence-electron chi connectivity index (χ2n) is 6.05. The first-order chi connectivity index (χ1) is 7.58. The fraction of sp³-hybridized carbons (Fsp3) is 1.00. The second-order valence-corrected chi connectivity index (χ2v) is 6.05. The van der Waals surface area contributed by atoms with E-state index in [9.17, 15) is 5.11 Å². The van der Waals surface area contributed by atoms with Crippen LogP contribution in [-0.4, -0.2) is 48.5 Å². The highest BCUT2D eigenvalue weighted by Gasteiger charge is 2.32. The van der Waals surface area contributed by atoms with Gasteiger partial charge in [0.05, 0.1) is 18.8 Å². The van der Waals surface area contributed by atoms with Crippen molar-refractivity contribution >= 4 is 0 Å². The average Bonchev–Trinajstić information content (AvgIpc) is 2.40. The summed E-state index contributed by atoms with van der Waals surface area (Å²) in [7, 11) is 0. The molecule has 2 heterocycles. The summed E-state index contributed by atoms with van der Waals surface area (Å²) >= 11 is 0. The Hall–Kier alpha value is -0.120. The Morgan fingerprint density at radius 2 is 2.06 bits per heavy atom. The average molecular weight is 227 g/mol. The van der Waals surface area contributed by atoms with Crippen LogP contribution in [0.4, 0.5) is 0 Å². The molecule has 3 heteroatoms. The molecule has 0 aliphatic carbocycles. The molecule has 1 N–H and O–H groups in total. The molecule has 2 aliphatic rings. The maximum Gasteiger partial charge on any atom is 0.0739 e. The summed E-state index contributed by atoms with van der Waals surface area (Å²) in [5.41, 5.74) is 0.467. The van der Waals surface area contributed by atoms with Crippen molar-refractivity contribution in [1.82, 2.24) is 4.90 Å². The minimum absolute atomic E-state index is 0.185. The summed E-state index contributed by atoms with van der Waals surface area (Å²) in [5.74, 6) is 0. The van der Waals surface area contributed by atoms with Crippen molar-refractivity contribution in [3.05, 3.63) is 0 Å². The van der Waals surface area contributed by atoms with Gasteiger partial charge in [-0.25, -0.2) is 0 Å². The Morgan fingerprint density at radius 1 is 1.25 bits per heavy atom. The number of ether oxygens (including phenoxy) is 1. The predicted octanol–water partition coefficient (Wildman–Crippen LogP) is 1.65. The van der Waals surface area contributed by atoms with Gasteiger partial charge < -0.3 is 9.84 Å². The molecule has 0 saturated carbocycles. The van der Waals surface area contributed by atoms with Crippen LogP contribution in [0.25, 0.3) is 0 Å². The lowest BCUT2D eigenvalue weighted by atomic mass is 9.85. The molecule has 3 nitrogen and oxygen atoms in total. The van der Waals surface area contributed by atoms with Crippen LogP contribution in [0.15, 0.2) is 0 Å². The maximum absolute atomic E-state index is 10.0. The molecule has 0 aromatic heterocycles. The molecular weight excluding hydrogens is 202 g/mol. The fourth-order valence-corrected chi connectivity index (χ4v) is 2.84. The normalized spacial score (nSPS) is 36.9. The van der Waals surface area contributed by atoms with Crippen LogP contribution in [-0.2, 0) is 4.74 Å². The third-order valence-electron chi connectivity index (χ3n) is 4.13. The number of rotatable bonds is 1. The molecule has 2 saturated heterocycles. The topological polar surface area (TPSA) is 32.7 Å². The minimum atomic E-state index is -0.185. The summed E-state index contributed by atoms with van der Waals surface area (Å²) in [6, 6.07) is 0.239. The minimum Gasteiger partial charge on any atom is -0.391 e. The molecule has 0 amide bonds. The highest BCUT2D eigenvalue weighted by molar-refractivity contribution is 4.85. The van der Waals surface area contributed by atoms with E-state index in [0.717, 1.165) is 26.1 Å². The predicted molar refractivity (Wildman–Crippen MR) is 64.4 cm³/mol. The molecule has 0 spiro atoms. The van der Waals surface area contributed by atoms with Crippen molar-refractivity contribution in [3.63, 3.8) is 0 Å². The van der Waals surface area contributed by atoms with E-state index in [1.807, 2.05) is 0 Å². The van der Waals surface area contributed by atoms with Gasteiger partial charge in [-0.2, -0.15) is 0 Å². The molecule has 16 heavy (non-hydrogen) atoms. The first-order valence-corrected chi connectivity index (χ1v) is 6.58. The Labute approximate surface area is 98.8 Å². The summed E-state index contributed by atoms with van der Waals surface area (Å²) in [6.07, 6.45) is 4.39. The van der Waals surface area contributed by atoms with E-state index in [1.54, 1.807) is 0 Å². The Bertz CT molecular complexity index is 230. The van der Waals surface area contributed by atoms with Gasteiger partial charge in [0.15, 0.2) is 0 Å². The summed E-state index contributed by atoms with van der Waals surface area (Å²) in [6.45, 7) is 8.36. The first kappa shape index (κ1) is 12.3. The number of aliphatic hydroxyl groups excluding tert-OH is 1. The van der Waals surface area contributed by atoms with Crippen LogP contribution < -0.4 is 0 Å². The summed E-state index contributed by atoms with van der Waals surface area (Å²) < 4.78 is 5.50. The third kappa shape index (κ3) is 2.96. The number of hydrogen-bond acceptors (Lipinski definition) is 3. The molecule has 2 fully saturated rings. The zero-order valence-electron chi connectivity index (χ0n) is 10.6. The fourth-order valence-electron chi connectivity index (χ4n) is 2.84. The Morgan fingerprint density at radius 3 is 2.81 bits per heavy atom. The number of hydrogen-bond donors (Lipinski definition) is 1. The van der Waals surface area contributed by atoms with Crippen molar-refractivity contribution in [1.29, 1.82) is 0 Å². The molecule has 94 valence electrons. The van der Waals surface area contributed by atoms with Gasteiger partial charge in [-0.05, 0) is 44.2 Å². The molecule has 2 rings (SSSR count). The van der Waals surface area contributed by atoms with E-state index < -0.39 is 0 Å². The number of nitrogens with zero attached hydrogens (tertiary/aromatic N) is 1. The molecule has 0 radical (unpaired) electrons. The van der Waals surface area contributed by atoms with E-state index in [0.29, 0.717) is 12.0 Å². The Kier molecular flexibility index (Phi) is 3.88. The Balaban J connectivity index is 1.93. The quantitative estimate of drug-likeness (QED) is 0.739. The first-order valence-electron chi connectivity index (χ1n) is 6.58. The maximum atomic E-state index is 10.0.